The number of rotatable bonds is 4. The first-order valence-electron chi connectivity index (χ1n) is 6.22. The normalized spacial score (nSPS) is 10.5. The van der Waals surface area contributed by atoms with Crippen molar-refractivity contribution in [1.82, 2.24) is 9.97 Å². The SMILES string of the molecule is CC(=O)Nc1ccc(Nc2cc(C(F)F)nc(C)n2)cc1. The molecule has 1 aromatic carbocycles. The van der Waals surface area contributed by atoms with Crippen molar-refractivity contribution in [2.24, 2.45) is 0 Å². The largest absolute Gasteiger partial charge is 0.340 e. The highest BCUT2D eigenvalue weighted by molar-refractivity contribution is 5.88. The molecule has 110 valence electrons. The second-order valence-electron chi connectivity index (χ2n) is 4.41. The Kier molecular flexibility index (Phi) is 4.42. The molecule has 21 heavy (non-hydrogen) atoms. The van der Waals surface area contributed by atoms with Gasteiger partial charge in [-0.15, -0.1) is 0 Å². The molecule has 0 saturated heterocycles. The Morgan fingerprint density at radius 3 is 2.33 bits per heavy atom. The van der Waals surface area contributed by atoms with Gasteiger partial charge in [0.25, 0.3) is 6.43 Å². The van der Waals surface area contributed by atoms with Gasteiger partial charge in [0.1, 0.15) is 17.3 Å². The van der Waals surface area contributed by atoms with E-state index in [9.17, 15) is 13.6 Å². The van der Waals surface area contributed by atoms with Crippen LogP contribution < -0.4 is 10.6 Å². The van der Waals surface area contributed by atoms with Crippen LogP contribution in [0.25, 0.3) is 0 Å². The summed E-state index contributed by atoms with van der Waals surface area (Å²) in [6.07, 6.45) is -2.64. The van der Waals surface area contributed by atoms with Crippen LogP contribution in [0.1, 0.15) is 24.9 Å². The Hall–Kier alpha value is -2.57. The molecule has 2 aromatic rings. The first-order valence-corrected chi connectivity index (χ1v) is 6.22. The van der Waals surface area contributed by atoms with Crippen LogP contribution in [0, 0.1) is 6.92 Å². The van der Waals surface area contributed by atoms with Crippen LogP contribution in [-0.2, 0) is 4.79 Å². The van der Waals surface area contributed by atoms with E-state index in [4.69, 9.17) is 0 Å². The Labute approximate surface area is 120 Å². The second kappa shape index (κ2) is 6.25. The molecule has 5 nitrogen and oxygen atoms in total. The van der Waals surface area contributed by atoms with Gasteiger partial charge in [-0.1, -0.05) is 0 Å². The van der Waals surface area contributed by atoms with Crippen molar-refractivity contribution in [3.63, 3.8) is 0 Å². The second-order valence-corrected chi connectivity index (χ2v) is 4.41. The molecule has 0 fully saturated rings. The maximum absolute atomic E-state index is 12.7. The average Bonchev–Trinajstić information content (AvgIpc) is 2.39. The number of hydrogen-bond donors (Lipinski definition) is 2. The Morgan fingerprint density at radius 2 is 1.76 bits per heavy atom. The Balaban J connectivity index is 2.16. The third-order valence-corrected chi connectivity index (χ3v) is 2.56. The van der Waals surface area contributed by atoms with E-state index in [2.05, 4.69) is 20.6 Å². The lowest BCUT2D eigenvalue weighted by atomic mass is 10.2. The standard InChI is InChI=1S/C14H14F2N4O/c1-8-17-12(14(15)16)7-13(18-8)20-11-5-3-10(4-6-11)19-9(2)21/h3-7,14H,1-2H3,(H,19,21)(H,17,18,20). The van der Waals surface area contributed by atoms with Crippen LogP contribution in [0.3, 0.4) is 0 Å². The van der Waals surface area contributed by atoms with E-state index < -0.39 is 6.43 Å². The number of nitrogens with one attached hydrogen (secondary N) is 2. The maximum atomic E-state index is 12.7. The fourth-order valence-electron chi connectivity index (χ4n) is 1.75. The van der Waals surface area contributed by atoms with E-state index in [1.165, 1.54) is 13.0 Å². The monoisotopic (exact) mass is 292 g/mol. The minimum Gasteiger partial charge on any atom is -0.340 e. The van der Waals surface area contributed by atoms with Crippen LogP contribution in [0.2, 0.25) is 0 Å². The number of anilines is 3. The van der Waals surface area contributed by atoms with Gasteiger partial charge in [-0.3, -0.25) is 4.79 Å². The molecule has 0 spiro atoms. The molecule has 1 amide bonds. The number of alkyl halides is 2. The van der Waals surface area contributed by atoms with Crippen molar-refractivity contribution in [3.8, 4) is 0 Å². The van der Waals surface area contributed by atoms with Crippen LogP contribution >= 0.6 is 0 Å². The third-order valence-electron chi connectivity index (χ3n) is 2.56. The predicted molar refractivity (Wildman–Crippen MR) is 75.8 cm³/mol. The molecular weight excluding hydrogens is 278 g/mol. The van der Waals surface area contributed by atoms with Gasteiger partial charge in [-0.2, -0.15) is 0 Å². The zero-order chi connectivity index (χ0) is 15.4. The van der Waals surface area contributed by atoms with E-state index in [-0.39, 0.29) is 17.4 Å². The van der Waals surface area contributed by atoms with Gasteiger partial charge in [0, 0.05) is 24.4 Å². The lowest BCUT2D eigenvalue weighted by molar-refractivity contribution is -0.114. The van der Waals surface area contributed by atoms with E-state index in [1.807, 2.05) is 0 Å². The fraction of sp³-hybridized carbons (Fsp3) is 0.214. The van der Waals surface area contributed by atoms with E-state index in [0.29, 0.717) is 17.2 Å². The van der Waals surface area contributed by atoms with Gasteiger partial charge in [-0.25, -0.2) is 18.7 Å². The van der Waals surface area contributed by atoms with E-state index >= 15 is 0 Å². The smallest absolute Gasteiger partial charge is 0.280 e. The van der Waals surface area contributed by atoms with Gasteiger partial charge in [0.2, 0.25) is 5.91 Å². The van der Waals surface area contributed by atoms with Crippen LogP contribution in [0.15, 0.2) is 30.3 Å². The van der Waals surface area contributed by atoms with Crippen molar-refractivity contribution >= 4 is 23.1 Å². The average molecular weight is 292 g/mol. The summed E-state index contributed by atoms with van der Waals surface area (Å²) in [5, 5.41) is 5.56. The van der Waals surface area contributed by atoms with E-state index in [1.54, 1.807) is 31.2 Å². The molecule has 2 rings (SSSR count). The molecule has 0 aliphatic rings. The van der Waals surface area contributed by atoms with Gasteiger partial charge >= 0.3 is 0 Å². The predicted octanol–water partition coefficient (Wildman–Crippen LogP) is 3.42. The number of amides is 1. The third kappa shape index (κ3) is 4.20. The summed E-state index contributed by atoms with van der Waals surface area (Å²) in [6, 6.07) is 8.03. The molecule has 0 atom stereocenters. The van der Waals surface area contributed by atoms with Gasteiger partial charge in [0.05, 0.1) is 0 Å². The van der Waals surface area contributed by atoms with Crippen molar-refractivity contribution in [2.45, 2.75) is 20.3 Å². The summed E-state index contributed by atoms with van der Waals surface area (Å²) in [7, 11) is 0. The molecule has 0 saturated carbocycles. The zero-order valence-corrected chi connectivity index (χ0v) is 11.5. The van der Waals surface area contributed by atoms with Crippen molar-refractivity contribution < 1.29 is 13.6 Å². The molecule has 1 heterocycles. The summed E-state index contributed by atoms with van der Waals surface area (Å²) in [5.74, 6) is 0.402. The number of benzene rings is 1. The molecular formula is C14H14F2N4O. The first-order chi connectivity index (χ1) is 9.94. The Bertz CT molecular complexity index is 644. The summed E-state index contributed by atoms with van der Waals surface area (Å²) < 4.78 is 25.4. The molecule has 2 N–H and O–H groups in total. The number of halogens is 2. The van der Waals surface area contributed by atoms with Gasteiger partial charge in [-0.05, 0) is 31.2 Å². The highest BCUT2D eigenvalue weighted by atomic mass is 19.3. The summed E-state index contributed by atoms with van der Waals surface area (Å²) in [4.78, 5) is 18.6. The van der Waals surface area contributed by atoms with Crippen molar-refractivity contribution in [3.05, 3.63) is 41.9 Å². The molecule has 1 aromatic heterocycles. The number of hydrogen-bond acceptors (Lipinski definition) is 4. The number of carbonyl (C=O) groups is 1. The van der Waals surface area contributed by atoms with Crippen LogP contribution in [-0.4, -0.2) is 15.9 Å². The van der Waals surface area contributed by atoms with Gasteiger partial charge < -0.3 is 10.6 Å². The summed E-state index contributed by atoms with van der Waals surface area (Å²) >= 11 is 0. The first kappa shape index (κ1) is 14.8. The molecule has 0 aliphatic heterocycles. The number of aryl methyl sites for hydroxylation is 1. The zero-order valence-electron chi connectivity index (χ0n) is 11.5. The lowest BCUT2D eigenvalue weighted by Crippen LogP contribution is -2.05. The summed E-state index contributed by atoms with van der Waals surface area (Å²) in [5.41, 5.74) is 1.00. The highest BCUT2D eigenvalue weighted by Gasteiger charge is 2.11. The minimum atomic E-state index is -2.64. The van der Waals surface area contributed by atoms with E-state index in [0.717, 1.165) is 0 Å². The maximum Gasteiger partial charge on any atom is 0.280 e. The van der Waals surface area contributed by atoms with Crippen LogP contribution in [0.5, 0.6) is 0 Å². The number of carbonyl (C=O) groups excluding carboxylic acids is 1. The quantitative estimate of drug-likeness (QED) is 0.906. The van der Waals surface area contributed by atoms with Crippen molar-refractivity contribution in [1.29, 1.82) is 0 Å². The molecule has 0 unspecified atom stereocenters. The molecule has 7 heteroatoms. The highest BCUT2D eigenvalue weighted by Crippen LogP contribution is 2.22. The molecule has 0 radical (unpaired) electrons. The fourth-order valence-corrected chi connectivity index (χ4v) is 1.75. The number of nitrogens with zero attached hydrogens (tertiary/aromatic N) is 2. The topological polar surface area (TPSA) is 66.9 Å². The van der Waals surface area contributed by atoms with Gasteiger partial charge in [0.15, 0.2) is 0 Å². The molecule has 0 aliphatic carbocycles. The molecule has 0 bridgehead atoms. The minimum absolute atomic E-state index is 0.163. The summed E-state index contributed by atoms with van der Waals surface area (Å²) in [6.45, 7) is 2.97. The number of aromatic nitrogens is 2. The lowest BCUT2D eigenvalue weighted by Gasteiger charge is -2.09. The Morgan fingerprint density at radius 1 is 1.14 bits per heavy atom. The van der Waals surface area contributed by atoms with Crippen LogP contribution in [0.4, 0.5) is 26.0 Å². The van der Waals surface area contributed by atoms with Crippen molar-refractivity contribution in [2.75, 3.05) is 10.6 Å².